The van der Waals surface area contributed by atoms with E-state index < -0.39 is 23.5 Å². The van der Waals surface area contributed by atoms with E-state index in [9.17, 15) is 14.7 Å². The maximum Gasteiger partial charge on any atom is 0.326 e. The molecule has 1 atom stereocenters. The fourth-order valence-electron chi connectivity index (χ4n) is 1.88. The molecule has 0 bridgehead atoms. The summed E-state index contributed by atoms with van der Waals surface area (Å²) < 4.78 is 0. The van der Waals surface area contributed by atoms with Crippen molar-refractivity contribution in [1.29, 1.82) is 0 Å². The zero-order valence-corrected chi connectivity index (χ0v) is 13.2. The predicted octanol–water partition coefficient (Wildman–Crippen LogP) is 2.03. The van der Waals surface area contributed by atoms with E-state index in [2.05, 4.69) is 10.3 Å². The topological polar surface area (TPSA) is 82.5 Å². The Bertz CT molecular complexity index is 523. The molecule has 1 rings (SSSR count). The summed E-state index contributed by atoms with van der Waals surface area (Å²) in [7, 11) is 1.61. The molecule has 0 fully saturated rings. The van der Waals surface area contributed by atoms with Crippen molar-refractivity contribution >= 4 is 12.0 Å². The quantitative estimate of drug-likeness (QED) is 0.890. The van der Waals surface area contributed by atoms with Crippen LogP contribution in [0.15, 0.2) is 18.2 Å². The molecule has 1 unspecified atom stereocenters. The van der Waals surface area contributed by atoms with Gasteiger partial charge in [0.25, 0.3) is 0 Å². The number of carbonyl (C=O) groups excluding carboxylic acids is 1. The SMILES string of the molecule is Cc1cccc(CN(C)C(=O)NC(C(=O)O)C(C)(C)C)n1. The highest BCUT2D eigenvalue weighted by Crippen LogP contribution is 2.19. The largest absolute Gasteiger partial charge is 0.480 e. The highest BCUT2D eigenvalue weighted by atomic mass is 16.4. The lowest BCUT2D eigenvalue weighted by atomic mass is 9.87. The molecule has 6 nitrogen and oxygen atoms in total. The standard InChI is InChI=1S/C15H23N3O3/c1-10-7-6-8-11(16-10)9-18(5)14(21)17-12(13(19)20)15(2,3)4/h6-8,12H,9H2,1-5H3,(H,17,21)(H,19,20). The summed E-state index contributed by atoms with van der Waals surface area (Å²) in [6.07, 6.45) is 0. The van der Waals surface area contributed by atoms with Crippen LogP contribution in [0.1, 0.15) is 32.2 Å². The van der Waals surface area contributed by atoms with Crippen LogP contribution in [0, 0.1) is 12.3 Å². The van der Waals surface area contributed by atoms with E-state index in [0.29, 0.717) is 6.54 Å². The first-order chi connectivity index (χ1) is 9.61. The van der Waals surface area contributed by atoms with Gasteiger partial charge in [-0.2, -0.15) is 0 Å². The normalized spacial score (nSPS) is 12.6. The van der Waals surface area contributed by atoms with Crippen LogP contribution in [0.3, 0.4) is 0 Å². The van der Waals surface area contributed by atoms with Crippen molar-refractivity contribution in [2.45, 2.75) is 40.3 Å². The number of hydrogen-bond donors (Lipinski definition) is 2. The zero-order chi connectivity index (χ0) is 16.2. The Labute approximate surface area is 125 Å². The average Bonchev–Trinajstić information content (AvgIpc) is 2.33. The number of nitrogens with zero attached hydrogens (tertiary/aromatic N) is 2. The lowest BCUT2D eigenvalue weighted by Gasteiger charge is -2.29. The number of nitrogens with one attached hydrogen (secondary N) is 1. The van der Waals surface area contributed by atoms with Crippen molar-refractivity contribution in [3.05, 3.63) is 29.6 Å². The van der Waals surface area contributed by atoms with Crippen LogP contribution < -0.4 is 5.32 Å². The van der Waals surface area contributed by atoms with Crippen LogP contribution in [0.4, 0.5) is 4.79 Å². The van der Waals surface area contributed by atoms with Crippen LogP contribution >= 0.6 is 0 Å². The average molecular weight is 293 g/mol. The third-order valence-electron chi connectivity index (χ3n) is 3.07. The number of aryl methyl sites for hydroxylation is 1. The summed E-state index contributed by atoms with van der Waals surface area (Å²) in [5.74, 6) is -1.04. The summed E-state index contributed by atoms with van der Waals surface area (Å²) in [5, 5.41) is 11.8. The monoisotopic (exact) mass is 293 g/mol. The number of pyridine rings is 1. The van der Waals surface area contributed by atoms with Crippen LogP contribution in [-0.4, -0.2) is 40.1 Å². The lowest BCUT2D eigenvalue weighted by Crippen LogP contribution is -2.52. The molecule has 0 radical (unpaired) electrons. The second-order valence-corrected chi connectivity index (χ2v) is 6.21. The van der Waals surface area contributed by atoms with Gasteiger partial charge < -0.3 is 15.3 Å². The van der Waals surface area contributed by atoms with Gasteiger partial charge >= 0.3 is 12.0 Å². The van der Waals surface area contributed by atoms with Gasteiger partial charge in [-0.1, -0.05) is 26.8 Å². The molecule has 0 saturated heterocycles. The van der Waals surface area contributed by atoms with Gasteiger partial charge in [-0.15, -0.1) is 0 Å². The molecule has 116 valence electrons. The van der Waals surface area contributed by atoms with Crippen LogP contribution in [0.25, 0.3) is 0 Å². The smallest absolute Gasteiger partial charge is 0.326 e. The molecule has 1 heterocycles. The molecule has 1 aromatic rings. The minimum atomic E-state index is -1.04. The molecule has 0 spiro atoms. The zero-order valence-electron chi connectivity index (χ0n) is 13.2. The van der Waals surface area contributed by atoms with E-state index in [-0.39, 0.29) is 0 Å². The third kappa shape index (κ3) is 5.06. The Balaban J connectivity index is 2.72. The van der Waals surface area contributed by atoms with Crippen molar-refractivity contribution < 1.29 is 14.7 Å². The van der Waals surface area contributed by atoms with Crippen molar-refractivity contribution in [1.82, 2.24) is 15.2 Å². The summed E-state index contributed by atoms with van der Waals surface area (Å²) in [6, 6.07) is 4.20. The third-order valence-corrected chi connectivity index (χ3v) is 3.07. The molecule has 1 aromatic heterocycles. The molecular formula is C15H23N3O3. The van der Waals surface area contributed by atoms with Crippen molar-refractivity contribution in [3.63, 3.8) is 0 Å². The molecule has 0 aliphatic carbocycles. The number of aliphatic carboxylic acids is 1. The van der Waals surface area contributed by atoms with E-state index in [1.54, 1.807) is 27.8 Å². The van der Waals surface area contributed by atoms with Gasteiger partial charge in [-0.3, -0.25) is 4.98 Å². The van der Waals surface area contributed by atoms with Crippen molar-refractivity contribution in [3.8, 4) is 0 Å². The number of carboxylic acids is 1. The molecule has 0 aromatic carbocycles. The Hall–Kier alpha value is -2.11. The highest BCUT2D eigenvalue weighted by Gasteiger charge is 2.33. The lowest BCUT2D eigenvalue weighted by molar-refractivity contribution is -0.142. The van der Waals surface area contributed by atoms with Gasteiger partial charge in [0, 0.05) is 12.7 Å². The van der Waals surface area contributed by atoms with Gasteiger partial charge in [0.05, 0.1) is 12.2 Å². The first kappa shape index (κ1) is 16.9. The Morgan fingerprint density at radius 1 is 1.38 bits per heavy atom. The summed E-state index contributed by atoms with van der Waals surface area (Å²) in [6.45, 7) is 7.52. The van der Waals surface area contributed by atoms with E-state index in [4.69, 9.17) is 0 Å². The molecule has 21 heavy (non-hydrogen) atoms. The fraction of sp³-hybridized carbons (Fsp3) is 0.533. The molecule has 0 saturated carbocycles. The molecule has 0 aliphatic rings. The van der Waals surface area contributed by atoms with Gasteiger partial charge in [0.15, 0.2) is 0 Å². The maximum atomic E-state index is 12.1. The number of hydrogen-bond acceptors (Lipinski definition) is 3. The molecule has 0 aliphatic heterocycles. The van der Waals surface area contributed by atoms with Gasteiger partial charge in [0.2, 0.25) is 0 Å². The van der Waals surface area contributed by atoms with Crippen molar-refractivity contribution in [2.24, 2.45) is 5.41 Å². The Morgan fingerprint density at radius 3 is 2.48 bits per heavy atom. The first-order valence-corrected chi connectivity index (χ1v) is 6.78. The number of carboxylic acid groups (broad SMARTS) is 1. The molecule has 6 heteroatoms. The second kappa shape index (κ2) is 6.56. The van der Waals surface area contributed by atoms with Gasteiger partial charge in [-0.25, -0.2) is 9.59 Å². The highest BCUT2D eigenvalue weighted by molar-refractivity contribution is 5.83. The first-order valence-electron chi connectivity index (χ1n) is 6.78. The van der Waals surface area contributed by atoms with E-state index >= 15 is 0 Å². The van der Waals surface area contributed by atoms with Crippen LogP contribution in [0.5, 0.6) is 0 Å². The Kier molecular flexibility index (Phi) is 5.29. The Morgan fingerprint density at radius 2 is 2.00 bits per heavy atom. The number of urea groups is 1. The number of aromatic nitrogens is 1. The number of rotatable bonds is 4. The minimum Gasteiger partial charge on any atom is -0.480 e. The van der Waals surface area contributed by atoms with Gasteiger partial charge in [0.1, 0.15) is 6.04 Å². The molecule has 2 N–H and O–H groups in total. The summed E-state index contributed by atoms with van der Waals surface area (Å²) >= 11 is 0. The molecule has 2 amide bonds. The van der Waals surface area contributed by atoms with Gasteiger partial charge in [-0.05, 0) is 24.5 Å². The van der Waals surface area contributed by atoms with E-state index in [1.165, 1.54) is 4.90 Å². The second-order valence-electron chi connectivity index (χ2n) is 6.21. The minimum absolute atomic E-state index is 0.323. The van der Waals surface area contributed by atoms with Crippen LogP contribution in [0.2, 0.25) is 0 Å². The summed E-state index contributed by atoms with van der Waals surface area (Å²) in [5.41, 5.74) is 1.07. The van der Waals surface area contributed by atoms with E-state index in [0.717, 1.165) is 11.4 Å². The predicted molar refractivity (Wildman–Crippen MR) is 79.9 cm³/mol. The fourth-order valence-corrected chi connectivity index (χ4v) is 1.88. The van der Waals surface area contributed by atoms with Crippen molar-refractivity contribution in [2.75, 3.05) is 7.05 Å². The maximum absolute atomic E-state index is 12.1. The molecular weight excluding hydrogens is 270 g/mol. The number of carbonyl (C=O) groups is 2. The van der Waals surface area contributed by atoms with Crippen LogP contribution in [-0.2, 0) is 11.3 Å². The summed E-state index contributed by atoms with van der Waals surface area (Å²) in [4.78, 5) is 29.1. The van der Waals surface area contributed by atoms with E-state index in [1.807, 2.05) is 25.1 Å². The number of amides is 2.